The number of para-hydroxylation sites is 1. The van der Waals surface area contributed by atoms with E-state index in [1.165, 1.54) is 0 Å². The normalized spacial score (nSPS) is 17.0. The van der Waals surface area contributed by atoms with Gasteiger partial charge in [0.1, 0.15) is 11.4 Å². The van der Waals surface area contributed by atoms with E-state index in [1.54, 1.807) is 34.9 Å². The smallest absolute Gasteiger partial charge is 0.308 e. The summed E-state index contributed by atoms with van der Waals surface area (Å²) in [7, 11) is -3.85. The van der Waals surface area contributed by atoms with Gasteiger partial charge in [-0.3, -0.25) is 9.36 Å². The number of rotatable bonds is 7. The van der Waals surface area contributed by atoms with Crippen LogP contribution in [0.4, 0.5) is 0 Å². The monoisotopic (exact) mass is 542 g/mol. The van der Waals surface area contributed by atoms with Crippen LogP contribution in [0.3, 0.4) is 0 Å². The van der Waals surface area contributed by atoms with Gasteiger partial charge in [-0.05, 0) is 54.8 Å². The van der Waals surface area contributed by atoms with E-state index in [4.69, 9.17) is 16.3 Å². The van der Waals surface area contributed by atoms with E-state index in [-0.39, 0.29) is 9.77 Å². The molecular formula is C27H27ClN2O4S2. The van der Waals surface area contributed by atoms with Gasteiger partial charge in [0, 0.05) is 17.0 Å². The van der Waals surface area contributed by atoms with E-state index in [1.807, 2.05) is 36.4 Å². The van der Waals surface area contributed by atoms with Gasteiger partial charge in [0.05, 0.1) is 27.7 Å². The van der Waals surface area contributed by atoms with Crippen LogP contribution >= 0.6 is 22.9 Å². The third-order valence-corrected chi connectivity index (χ3v) is 9.65. The lowest BCUT2D eigenvalue weighted by atomic mass is 9.84. The quantitative estimate of drug-likeness (QED) is 0.305. The van der Waals surface area contributed by atoms with Crippen molar-refractivity contribution in [2.75, 3.05) is 0 Å². The summed E-state index contributed by atoms with van der Waals surface area (Å²) in [5.74, 6) is 0.716. The highest BCUT2D eigenvalue weighted by atomic mass is 35.5. The summed E-state index contributed by atoms with van der Waals surface area (Å²) in [5.41, 5.74) is 2.04. The van der Waals surface area contributed by atoms with Gasteiger partial charge in [-0.1, -0.05) is 67.1 Å². The number of thiazole rings is 1. The van der Waals surface area contributed by atoms with E-state index in [2.05, 4.69) is 18.6 Å². The maximum atomic E-state index is 13.5. The molecule has 3 aromatic carbocycles. The lowest BCUT2D eigenvalue weighted by Crippen LogP contribution is -2.44. The Labute approximate surface area is 219 Å². The van der Waals surface area contributed by atoms with Crippen LogP contribution in [0, 0.1) is 0 Å². The minimum atomic E-state index is -3.85. The summed E-state index contributed by atoms with van der Waals surface area (Å²) in [4.78, 5) is 12.7. The summed E-state index contributed by atoms with van der Waals surface area (Å²) < 4.78 is 38.5. The number of nitrogens with zero attached hydrogens (tertiary/aromatic N) is 1. The Hall–Kier alpha value is -2.65. The fourth-order valence-electron chi connectivity index (χ4n) is 4.80. The Morgan fingerprint density at radius 1 is 1.08 bits per heavy atom. The molecule has 1 aliphatic heterocycles. The number of halogens is 1. The Balaban J connectivity index is 1.46. The largest absolute Gasteiger partial charge is 0.487 e. The molecule has 0 spiro atoms. The number of ether oxygens (including phenoxy) is 1. The van der Waals surface area contributed by atoms with Gasteiger partial charge in [-0.25, -0.2) is 13.1 Å². The molecule has 1 aromatic heterocycles. The average Bonchev–Trinajstić information content (AvgIpc) is 3.19. The first-order chi connectivity index (χ1) is 17.2. The first kappa shape index (κ1) is 25.0. The van der Waals surface area contributed by atoms with Crippen LogP contribution in [0.1, 0.15) is 50.3 Å². The molecule has 0 fully saturated rings. The van der Waals surface area contributed by atoms with Gasteiger partial charge >= 0.3 is 4.87 Å². The molecule has 188 valence electrons. The van der Waals surface area contributed by atoms with Crippen molar-refractivity contribution in [2.45, 2.75) is 56.2 Å². The van der Waals surface area contributed by atoms with Gasteiger partial charge in [0.15, 0.2) is 0 Å². The molecule has 9 heteroatoms. The summed E-state index contributed by atoms with van der Waals surface area (Å²) in [6, 6.07) is 19.3. The first-order valence-electron chi connectivity index (χ1n) is 11.9. The molecule has 1 atom stereocenters. The lowest BCUT2D eigenvalue weighted by molar-refractivity contribution is 0.0260. The van der Waals surface area contributed by atoms with Crippen LogP contribution < -0.4 is 14.3 Å². The number of hydrogen-bond donors (Lipinski definition) is 1. The molecule has 0 aliphatic carbocycles. The fourth-order valence-corrected chi connectivity index (χ4v) is 7.17. The zero-order chi connectivity index (χ0) is 25.5. The van der Waals surface area contributed by atoms with Crippen LogP contribution in [-0.4, -0.2) is 18.6 Å². The standard InChI is InChI=1S/C27H27ClN2O4S2/c1-3-27(4-2)16-22(21-7-5-6-8-24(21)34-27)29-36(32,33)20-13-14-23-25(15-20)35-26(31)30(23)17-18-9-11-19(28)12-10-18/h5-15,22,29H,3-4,16-17H2,1-2H3/t22-/m0/s1. The number of hydrogen-bond acceptors (Lipinski definition) is 5. The minimum Gasteiger partial charge on any atom is -0.487 e. The fraction of sp³-hybridized carbons (Fsp3) is 0.296. The molecule has 36 heavy (non-hydrogen) atoms. The van der Waals surface area contributed by atoms with E-state index < -0.39 is 21.7 Å². The third-order valence-electron chi connectivity index (χ3n) is 6.99. The number of aromatic nitrogens is 1. The Bertz CT molecular complexity index is 1570. The van der Waals surface area contributed by atoms with Crippen LogP contribution in [-0.2, 0) is 16.6 Å². The van der Waals surface area contributed by atoms with Crippen LogP contribution in [0.25, 0.3) is 10.2 Å². The first-order valence-corrected chi connectivity index (χ1v) is 14.6. The van der Waals surface area contributed by atoms with Crippen LogP contribution in [0.15, 0.2) is 76.4 Å². The van der Waals surface area contributed by atoms with Crippen LogP contribution in [0.2, 0.25) is 5.02 Å². The summed E-state index contributed by atoms with van der Waals surface area (Å²) >= 11 is 7.02. The number of fused-ring (bicyclic) bond motifs is 2. The molecule has 0 amide bonds. The van der Waals surface area contributed by atoms with Crippen molar-refractivity contribution in [1.82, 2.24) is 9.29 Å². The highest BCUT2D eigenvalue weighted by molar-refractivity contribution is 7.89. The zero-order valence-corrected chi connectivity index (χ0v) is 22.4. The minimum absolute atomic E-state index is 0.137. The van der Waals surface area contributed by atoms with Gasteiger partial charge in [0.25, 0.3) is 0 Å². The predicted octanol–water partition coefficient (Wildman–Crippen LogP) is 6.13. The third kappa shape index (κ3) is 4.70. The van der Waals surface area contributed by atoms with Crippen molar-refractivity contribution in [2.24, 2.45) is 0 Å². The van der Waals surface area contributed by atoms with Crippen molar-refractivity contribution < 1.29 is 13.2 Å². The van der Waals surface area contributed by atoms with Crippen molar-refractivity contribution >= 4 is 43.2 Å². The molecule has 0 unspecified atom stereocenters. The van der Waals surface area contributed by atoms with Crippen molar-refractivity contribution in [1.29, 1.82) is 0 Å². The summed E-state index contributed by atoms with van der Waals surface area (Å²) in [6.07, 6.45) is 2.09. The van der Waals surface area contributed by atoms with E-state index in [0.29, 0.717) is 34.0 Å². The molecule has 0 bridgehead atoms. The summed E-state index contributed by atoms with van der Waals surface area (Å²) in [5, 5.41) is 0.630. The number of nitrogens with one attached hydrogen (secondary N) is 1. The Kier molecular flexibility index (Phi) is 6.72. The molecule has 2 heterocycles. The maximum Gasteiger partial charge on any atom is 0.308 e. The number of benzene rings is 3. The average molecular weight is 543 g/mol. The molecular weight excluding hydrogens is 516 g/mol. The highest BCUT2D eigenvalue weighted by Crippen LogP contribution is 2.43. The second-order valence-corrected chi connectivity index (χ2v) is 12.3. The molecule has 6 nitrogen and oxygen atoms in total. The van der Waals surface area contributed by atoms with Gasteiger partial charge in [-0.15, -0.1) is 0 Å². The Morgan fingerprint density at radius 3 is 2.53 bits per heavy atom. The van der Waals surface area contributed by atoms with Crippen LogP contribution in [0.5, 0.6) is 5.75 Å². The van der Waals surface area contributed by atoms with Crippen molar-refractivity contribution in [3.05, 3.63) is 92.5 Å². The van der Waals surface area contributed by atoms with Gasteiger partial charge < -0.3 is 4.74 Å². The molecule has 0 saturated carbocycles. The molecule has 1 aliphatic rings. The summed E-state index contributed by atoms with van der Waals surface area (Å²) in [6.45, 7) is 4.51. The number of sulfonamides is 1. The maximum absolute atomic E-state index is 13.5. The second-order valence-electron chi connectivity index (χ2n) is 9.12. The molecule has 0 radical (unpaired) electrons. The van der Waals surface area contributed by atoms with Crippen molar-refractivity contribution in [3.63, 3.8) is 0 Å². The predicted molar refractivity (Wildman–Crippen MR) is 145 cm³/mol. The zero-order valence-electron chi connectivity index (χ0n) is 20.0. The molecule has 4 aromatic rings. The molecule has 1 N–H and O–H groups in total. The lowest BCUT2D eigenvalue weighted by Gasteiger charge is -2.41. The molecule has 0 saturated heterocycles. The van der Waals surface area contributed by atoms with Gasteiger partial charge in [-0.2, -0.15) is 0 Å². The topological polar surface area (TPSA) is 77.4 Å². The SMILES string of the molecule is CCC1(CC)C[C@H](NS(=O)(=O)c2ccc3c(c2)sc(=O)n3Cc2ccc(Cl)cc2)c2ccccc2O1. The second kappa shape index (κ2) is 9.67. The highest BCUT2D eigenvalue weighted by Gasteiger charge is 2.40. The van der Waals surface area contributed by atoms with E-state index >= 15 is 0 Å². The van der Waals surface area contributed by atoms with E-state index in [9.17, 15) is 13.2 Å². The van der Waals surface area contributed by atoms with E-state index in [0.717, 1.165) is 35.3 Å². The van der Waals surface area contributed by atoms with Crippen molar-refractivity contribution in [3.8, 4) is 5.75 Å². The Morgan fingerprint density at radius 2 is 1.81 bits per heavy atom. The molecule has 5 rings (SSSR count). The van der Waals surface area contributed by atoms with Gasteiger partial charge in [0.2, 0.25) is 10.0 Å².